The summed E-state index contributed by atoms with van der Waals surface area (Å²) >= 11 is 9.46. The molecule has 0 aromatic heterocycles. The first kappa shape index (κ1) is 16.6. The predicted molar refractivity (Wildman–Crippen MR) is 91.7 cm³/mol. The molecule has 1 heterocycles. The minimum Gasteiger partial charge on any atom is -0.367 e. The highest BCUT2D eigenvalue weighted by Crippen LogP contribution is 2.31. The Balaban J connectivity index is 2.14. The molecule has 0 saturated carbocycles. The molecule has 1 fully saturated rings. The van der Waals surface area contributed by atoms with Crippen LogP contribution in [0.5, 0.6) is 0 Å². The lowest BCUT2D eigenvalue weighted by Crippen LogP contribution is -2.39. The van der Waals surface area contributed by atoms with Crippen molar-refractivity contribution < 1.29 is 0 Å². The van der Waals surface area contributed by atoms with Gasteiger partial charge in [-0.2, -0.15) is 5.26 Å². The van der Waals surface area contributed by atoms with Crippen molar-refractivity contribution in [2.45, 2.75) is 44.7 Å². The maximum absolute atomic E-state index is 9.71. The van der Waals surface area contributed by atoms with Gasteiger partial charge in [-0.3, -0.25) is 0 Å². The zero-order chi connectivity index (χ0) is 15.5. The molecule has 3 nitrogen and oxygen atoms in total. The monoisotopic (exact) mass is 369 g/mol. The number of halogens is 2. The maximum Gasteiger partial charge on any atom is 0.126 e. The van der Waals surface area contributed by atoms with E-state index in [0.29, 0.717) is 11.1 Å². The van der Waals surface area contributed by atoms with Crippen LogP contribution in [0.15, 0.2) is 22.7 Å². The van der Waals surface area contributed by atoms with E-state index in [2.05, 4.69) is 46.1 Å². The van der Waals surface area contributed by atoms with Crippen molar-refractivity contribution in [2.24, 2.45) is 0 Å². The quantitative estimate of drug-likeness (QED) is 0.840. The van der Waals surface area contributed by atoms with Crippen LogP contribution in [0.25, 0.3) is 0 Å². The second kappa shape index (κ2) is 7.00. The van der Waals surface area contributed by atoms with E-state index in [1.165, 1.54) is 0 Å². The van der Waals surface area contributed by atoms with E-state index in [1.807, 2.05) is 18.2 Å². The standard InChI is InChI=1S/C16H21BrClN3/c1-12(2)21-8-3-6-16(11-19,7-9-21)20-13-4-5-15(18)14(17)10-13/h4-5,10,12,20H,3,6-9H2,1-2H3. The van der Waals surface area contributed by atoms with Gasteiger partial charge in [0.1, 0.15) is 5.54 Å². The van der Waals surface area contributed by atoms with Gasteiger partial charge < -0.3 is 10.2 Å². The smallest absolute Gasteiger partial charge is 0.126 e. The second-order valence-corrected chi connectivity index (χ2v) is 7.19. The van der Waals surface area contributed by atoms with E-state index in [1.54, 1.807) is 0 Å². The summed E-state index contributed by atoms with van der Waals surface area (Å²) in [6, 6.07) is 8.75. The van der Waals surface area contributed by atoms with Crippen molar-refractivity contribution in [2.75, 3.05) is 18.4 Å². The molecule has 5 heteroatoms. The highest BCUT2D eigenvalue weighted by molar-refractivity contribution is 9.10. The van der Waals surface area contributed by atoms with Crippen LogP contribution in [0, 0.1) is 11.3 Å². The fourth-order valence-corrected chi connectivity index (χ4v) is 3.28. The summed E-state index contributed by atoms with van der Waals surface area (Å²) in [6.45, 7) is 6.44. The van der Waals surface area contributed by atoms with Crippen LogP contribution in [0.3, 0.4) is 0 Å². The summed E-state index contributed by atoms with van der Waals surface area (Å²) < 4.78 is 0.847. The Kier molecular flexibility index (Phi) is 5.54. The van der Waals surface area contributed by atoms with Crippen LogP contribution in [0.2, 0.25) is 5.02 Å². The van der Waals surface area contributed by atoms with Gasteiger partial charge >= 0.3 is 0 Å². The third-order valence-corrected chi connectivity index (χ3v) is 5.34. The van der Waals surface area contributed by atoms with Crippen molar-refractivity contribution in [1.29, 1.82) is 5.26 Å². The van der Waals surface area contributed by atoms with E-state index in [0.717, 1.165) is 42.5 Å². The summed E-state index contributed by atoms with van der Waals surface area (Å²) in [5, 5.41) is 13.8. The highest BCUT2D eigenvalue weighted by atomic mass is 79.9. The average molecular weight is 371 g/mol. The molecule has 0 radical (unpaired) electrons. The molecule has 0 bridgehead atoms. The van der Waals surface area contributed by atoms with E-state index >= 15 is 0 Å². The Morgan fingerprint density at radius 3 is 2.76 bits per heavy atom. The van der Waals surface area contributed by atoms with Gasteiger partial charge in [-0.15, -0.1) is 0 Å². The van der Waals surface area contributed by atoms with Crippen LogP contribution in [-0.2, 0) is 0 Å². The zero-order valence-electron chi connectivity index (χ0n) is 12.5. The van der Waals surface area contributed by atoms with Crippen molar-refractivity contribution in [3.05, 3.63) is 27.7 Å². The van der Waals surface area contributed by atoms with Crippen LogP contribution in [0.1, 0.15) is 33.1 Å². The van der Waals surface area contributed by atoms with Gasteiger partial charge in [0.2, 0.25) is 0 Å². The Morgan fingerprint density at radius 2 is 2.14 bits per heavy atom. The SMILES string of the molecule is CC(C)N1CCCC(C#N)(Nc2ccc(Cl)c(Br)c2)CC1. The third kappa shape index (κ3) is 4.12. The van der Waals surface area contributed by atoms with Gasteiger partial charge in [-0.1, -0.05) is 11.6 Å². The number of hydrogen-bond donors (Lipinski definition) is 1. The van der Waals surface area contributed by atoms with E-state index in [9.17, 15) is 5.26 Å². The minimum absolute atomic E-state index is 0.489. The Hall–Kier alpha value is -0.760. The Bertz CT molecular complexity index is 541. The number of hydrogen-bond acceptors (Lipinski definition) is 3. The molecule has 1 aromatic carbocycles. The number of anilines is 1. The molecule has 0 aliphatic carbocycles. The number of nitriles is 1. The molecule has 1 N–H and O–H groups in total. The van der Waals surface area contributed by atoms with Gasteiger partial charge in [-0.25, -0.2) is 0 Å². The Morgan fingerprint density at radius 1 is 1.38 bits per heavy atom. The summed E-state index contributed by atoms with van der Waals surface area (Å²) in [5.41, 5.74) is 0.447. The van der Waals surface area contributed by atoms with E-state index in [-0.39, 0.29) is 0 Å². The first-order chi connectivity index (χ1) is 9.96. The Labute approximate surface area is 140 Å². The maximum atomic E-state index is 9.71. The molecular weight excluding hydrogens is 350 g/mol. The largest absolute Gasteiger partial charge is 0.367 e. The van der Waals surface area contributed by atoms with E-state index in [4.69, 9.17) is 11.6 Å². The predicted octanol–water partition coefficient (Wildman–Crippen LogP) is 4.67. The van der Waals surface area contributed by atoms with Crippen LogP contribution in [-0.4, -0.2) is 29.6 Å². The molecule has 0 spiro atoms. The van der Waals surface area contributed by atoms with E-state index < -0.39 is 5.54 Å². The van der Waals surface area contributed by atoms with Gasteiger partial charge in [0.25, 0.3) is 0 Å². The molecule has 1 aromatic rings. The first-order valence-electron chi connectivity index (χ1n) is 7.34. The highest BCUT2D eigenvalue weighted by Gasteiger charge is 2.33. The molecule has 1 unspecified atom stereocenters. The van der Waals surface area contributed by atoms with Crippen LogP contribution in [0.4, 0.5) is 5.69 Å². The lowest BCUT2D eigenvalue weighted by atomic mass is 9.92. The molecule has 21 heavy (non-hydrogen) atoms. The minimum atomic E-state index is -0.489. The molecule has 1 saturated heterocycles. The molecule has 1 atom stereocenters. The van der Waals surface area contributed by atoms with Crippen molar-refractivity contribution >= 4 is 33.2 Å². The van der Waals surface area contributed by atoms with Gasteiger partial charge in [0.05, 0.1) is 11.1 Å². The fraction of sp³-hybridized carbons (Fsp3) is 0.562. The molecule has 0 amide bonds. The number of nitrogens with zero attached hydrogens (tertiary/aromatic N) is 2. The fourth-order valence-electron chi connectivity index (χ4n) is 2.79. The molecule has 1 aliphatic heterocycles. The summed E-state index contributed by atoms with van der Waals surface area (Å²) in [5.74, 6) is 0. The number of rotatable bonds is 3. The lowest BCUT2D eigenvalue weighted by Gasteiger charge is -2.29. The average Bonchev–Trinajstić information content (AvgIpc) is 2.66. The number of benzene rings is 1. The van der Waals surface area contributed by atoms with Crippen LogP contribution < -0.4 is 5.32 Å². The molecule has 114 valence electrons. The van der Waals surface area contributed by atoms with Crippen molar-refractivity contribution in [1.82, 2.24) is 4.90 Å². The topological polar surface area (TPSA) is 39.1 Å². The molecular formula is C16H21BrClN3. The third-order valence-electron chi connectivity index (χ3n) is 4.12. The zero-order valence-corrected chi connectivity index (χ0v) is 14.8. The normalized spacial score (nSPS) is 23.6. The summed E-state index contributed by atoms with van der Waals surface area (Å²) in [6.07, 6.45) is 2.74. The lowest BCUT2D eigenvalue weighted by molar-refractivity contribution is 0.229. The summed E-state index contributed by atoms with van der Waals surface area (Å²) in [4.78, 5) is 2.44. The molecule has 2 rings (SSSR count). The second-order valence-electron chi connectivity index (χ2n) is 5.93. The first-order valence-corrected chi connectivity index (χ1v) is 8.51. The van der Waals surface area contributed by atoms with Gasteiger partial charge in [0.15, 0.2) is 0 Å². The van der Waals surface area contributed by atoms with Crippen molar-refractivity contribution in [3.63, 3.8) is 0 Å². The number of likely N-dealkylation sites (tertiary alicyclic amines) is 1. The number of nitrogens with one attached hydrogen (secondary N) is 1. The van der Waals surface area contributed by atoms with Gasteiger partial charge in [-0.05, 0) is 73.8 Å². The van der Waals surface area contributed by atoms with Crippen LogP contribution >= 0.6 is 27.5 Å². The van der Waals surface area contributed by atoms with Crippen molar-refractivity contribution in [3.8, 4) is 6.07 Å². The molecule has 1 aliphatic rings. The summed E-state index contributed by atoms with van der Waals surface area (Å²) in [7, 11) is 0. The van der Waals surface area contributed by atoms with Gasteiger partial charge in [0, 0.05) is 22.7 Å².